The molecule has 2 aromatic carbocycles. The van der Waals surface area contributed by atoms with Crippen molar-refractivity contribution in [2.24, 2.45) is 0 Å². The van der Waals surface area contributed by atoms with Crippen LogP contribution in [0.1, 0.15) is 52.4 Å². The van der Waals surface area contributed by atoms with E-state index >= 15 is 0 Å². The molecule has 2 heteroatoms. The second-order valence-corrected chi connectivity index (χ2v) is 6.08. The average molecular weight is 279 g/mol. The lowest BCUT2D eigenvalue weighted by Crippen LogP contribution is -2.04. The van der Waals surface area contributed by atoms with Gasteiger partial charge in [0.25, 0.3) is 0 Å². The van der Waals surface area contributed by atoms with E-state index in [4.69, 9.17) is 0 Å². The van der Waals surface area contributed by atoms with Crippen LogP contribution in [-0.2, 0) is 19.5 Å². The molecule has 1 N–H and O–H groups in total. The molecule has 0 bridgehead atoms. The Balaban J connectivity index is 1.74. The van der Waals surface area contributed by atoms with E-state index in [1.165, 1.54) is 16.7 Å². The summed E-state index contributed by atoms with van der Waals surface area (Å²) in [6.07, 6.45) is 0.477. The summed E-state index contributed by atoms with van der Waals surface area (Å²) >= 11 is 0. The highest BCUT2D eigenvalue weighted by atomic mass is 16.1. The lowest BCUT2D eigenvalue weighted by Gasteiger charge is -2.07. The molecule has 1 aliphatic rings. The zero-order chi connectivity index (χ0) is 14.8. The van der Waals surface area contributed by atoms with Gasteiger partial charge in [-0.05, 0) is 34.2 Å². The predicted molar refractivity (Wildman–Crippen MR) is 85.6 cm³/mol. The normalized spacial score (nSPS) is 13.5. The van der Waals surface area contributed by atoms with Crippen molar-refractivity contribution in [3.8, 4) is 0 Å². The molecular weight excluding hydrogens is 258 g/mol. The lowest BCUT2D eigenvalue weighted by atomic mass is 9.97. The number of benzene rings is 2. The van der Waals surface area contributed by atoms with Crippen LogP contribution in [0.3, 0.4) is 0 Å². The van der Waals surface area contributed by atoms with Crippen LogP contribution in [0.5, 0.6) is 0 Å². The van der Waals surface area contributed by atoms with Crippen LogP contribution in [0.25, 0.3) is 0 Å². The number of hydrogen-bond acceptors (Lipinski definition) is 2. The molecule has 0 saturated heterocycles. The number of carbonyl (C=O) groups excluding carboxylic acids is 1. The van der Waals surface area contributed by atoms with Gasteiger partial charge in [-0.3, -0.25) is 4.79 Å². The van der Waals surface area contributed by atoms with Crippen molar-refractivity contribution in [1.82, 2.24) is 5.32 Å². The number of rotatable bonds is 4. The van der Waals surface area contributed by atoms with Gasteiger partial charge in [0, 0.05) is 25.1 Å². The third-order valence-electron chi connectivity index (χ3n) is 4.17. The van der Waals surface area contributed by atoms with Gasteiger partial charge in [-0.25, -0.2) is 0 Å². The molecule has 0 atom stereocenters. The highest BCUT2D eigenvalue weighted by Crippen LogP contribution is 2.19. The molecule has 2 nitrogen and oxygen atoms in total. The summed E-state index contributed by atoms with van der Waals surface area (Å²) in [5.41, 5.74) is 5.80. The molecule has 0 saturated carbocycles. The SMILES string of the molecule is CC(C)c1ccc(CC(=O)c2ccc3c(c2)CNC3)cc1. The molecule has 0 radical (unpaired) electrons. The zero-order valence-corrected chi connectivity index (χ0v) is 12.6. The minimum Gasteiger partial charge on any atom is -0.309 e. The van der Waals surface area contributed by atoms with Crippen LogP contribution in [0.2, 0.25) is 0 Å². The Morgan fingerprint density at radius 3 is 2.48 bits per heavy atom. The number of nitrogens with one attached hydrogen (secondary N) is 1. The van der Waals surface area contributed by atoms with Gasteiger partial charge in [-0.1, -0.05) is 50.2 Å². The molecule has 0 unspecified atom stereocenters. The highest BCUT2D eigenvalue weighted by molar-refractivity contribution is 5.97. The molecule has 2 aromatic rings. The Kier molecular flexibility index (Phi) is 3.89. The maximum Gasteiger partial charge on any atom is 0.167 e. The summed E-state index contributed by atoms with van der Waals surface area (Å²) in [5, 5.41) is 3.31. The first-order chi connectivity index (χ1) is 10.1. The Hall–Kier alpha value is -1.93. The van der Waals surface area contributed by atoms with Gasteiger partial charge >= 0.3 is 0 Å². The number of carbonyl (C=O) groups is 1. The molecular formula is C19H21NO. The van der Waals surface area contributed by atoms with Crippen molar-refractivity contribution >= 4 is 5.78 Å². The van der Waals surface area contributed by atoms with Gasteiger partial charge in [0.2, 0.25) is 0 Å². The quantitative estimate of drug-likeness (QED) is 0.862. The maximum atomic E-state index is 12.4. The first-order valence-electron chi connectivity index (χ1n) is 7.58. The summed E-state index contributed by atoms with van der Waals surface area (Å²) in [4.78, 5) is 12.4. The Morgan fingerprint density at radius 1 is 1.05 bits per heavy atom. The minimum absolute atomic E-state index is 0.196. The number of hydrogen-bond donors (Lipinski definition) is 1. The van der Waals surface area contributed by atoms with E-state index in [-0.39, 0.29) is 5.78 Å². The molecule has 0 fully saturated rings. The van der Waals surface area contributed by atoms with Crippen LogP contribution in [0.15, 0.2) is 42.5 Å². The van der Waals surface area contributed by atoms with Crippen LogP contribution >= 0.6 is 0 Å². The summed E-state index contributed by atoms with van der Waals surface area (Å²) in [5.74, 6) is 0.723. The molecule has 3 rings (SSSR count). The zero-order valence-electron chi connectivity index (χ0n) is 12.6. The van der Waals surface area contributed by atoms with Gasteiger partial charge in [0.1, 0.15) is 0 Å². The van der Waals surface area contributed by atoms with Crippen LogP contribution in [-0.4, -0.2) is 5.78 Å². The van der Waals surface area contributed by atoms with Crippen LogP contribution in [0.4, 0.5) is 0 Å². The summed E-state index contributed by atoms with van der Waals surface area (Å²) in [6.45, 7) is 6.15. The smallest absolute Gasteiger partial charge is 0.167 e. The monoisotopic (exact) mass is 279 g/mol. The molecule has 0 amide bonds. The largest absolute Gasteiger partial charge is 0.309 e. The first-order valence-corrected chi connectivity index (χ1v) is 7.58. The van der Waals surface area contributed by atoms with E-state index in [1.54, 1.807) is 0 Å². The van der Waals surface area contributed by atoms with Crippen LogP contribution in [0, 0.1) is 0 Å². The number of Topliss-reactive ketones (excluding diaryl/α,β-unsaturated/α-hetero) is 1. The topological polar surface area (TPSA) is 29.1 Å². The summed E-state index contributed by atoms with van der Waals surface area (Å²) in [6, 6.07) is 14.5. The first kappa shape index (κ1) is 14.0. The Morgan fingerprint density at radius 2 is 1.76 bits per heavy atom. The van der Waals surface area contributed by atoms with E-state index in [2.05, 4.69) is 49.5 Å². The van der Waals surface area contributed by atoms with Crippen molar-refractivity contribution in [1.29, 1.82) is 0 Å². The maximum absolute atomic E-state index is 12.4. The summed E-state index contributed by atoms with van der Waals surface area (Å²) < 4.78 is 0. The molecule has 108 valence electrons. The fraction of sp³-hybridized carbons (Fsp3) is 0.316. The Labute approximate surface area is 126 Å². The third kappa shape index (κ3) is 3.06. The van der Waals surface area contributed by atoms with Crippen molar-refractivity contribution in [3.63, 3.8) is 0 Å². The standard InChI is InChI=1S/C19H21NO/c1-13(2)15-5-3-14(4-6-15)9-19(21)16-7-8-17-11-20-12-18(17)10-16/h3-8,10,13,20H,9,11-12H2,1-2H3. The molecule has 1 heterocycles. The highest BCUT2D eigenvalue weighted by Gasteiger charge is 2.13. The van der Waals surface area contributed by atoms with Crippen molar-refractivity contribution in [3.05, 3.63) is 70.3 Å². The van der Waals surface area contributed by atoms with Crippen LogP contribution < -0.4 is 5.32 Å². The number of fused-ring (bicyclic) bond motifs is 1. The van der Waals surface area contributed by atoms with Crippen molar-refractivity contribution in [2.75, 3.05) is 0 Å². The van der Waals surface area contributed by atoms with Crippen molar-refractivity contribution in [2.45, 2.75) is 39.3 Å². The second kappa shape index (κ2) is 5.82. The fourth-order valence-electron chi connectivity index (χ4n) is 2.78. The average Bonchev–Trinajstić information content (AvgIpc) is 2.95. The molecule has 0 spiro atoms. The molecule has 21 heavy (non-hydrogen) atoms. The summed E-state index contributed by atoms with van der Waals surface area (Å²) in [7, 11) is 0. The van der Waals surface area contributed by atoms with Gasteiger partial charge in [0.05, 0.1) is 0 Å². The third-order valence-corrected chi connectivity index (χ3v) is 4.17. The van der Waals surface area contributed by atoms with Gasteiger partial charge in [0.15, 0.2) is 5.78 Å². The predicted octanol–water partition coefficient (Wildman–Crippen LogP) is 3.84. The van der Waals surface area contributed by atoms with Gasteiger partial charge < -0.3 is 5.32 Å². The minimum atomic E-state index is 0.196. The van der Waals surface area contributed by atoms with E-state index in [1.807, 2.05) is 12.1 Å². The second-order valence-electron chi connectivity index (χ2n) is 6.08. The van der Waals surface area contributed by atoms with Crippen molar-refractivity contribution < 1.29 is 4.79 Å². The van der Waals surface area contributed by atoms with E-state index in [9.17, 15) is 4.79 Å². The molecule has 0 aliphatic carbocycles. The number of ketones is 1. The molecule has 0 aromatic heterocycles. The lowest BCUT2D eigenvalue weighted by molar-refractivity contribution is 0.0993. The van der Waals surface area contributed by atoms with E-state index in [0.717, 1.165) is 24.2 Å². The Bertz CT molecular complexity index is 656. The fourth-order valence-corrected chi connectivity index (χ4v) is 2.78. The van der Waals surface area contributed by atoms with Gasteiger partial charge in [-0.2, -0.15) is 0 Å². The molecule has 1 aliphatic heterocycles. The van der Waals surface area contributed by atoms with E-state index in [0.29, 0.717) is 12.3 Å². The van der Waals surface area contributed by atoms with Gasteiger partial charge in [-0.15, -0.1) is 0 Å². The van der Waals surface area contributed by atoms with E-state index < -0.39 is 0 Å².